The van der Waals surface area contributed by atoms with Gasteiger partial charge in [0.1, 0.15) is 11.7 Å². The van der Waals surface area contributed by atoms with E-state index in [2.05, 4.69) is 103 Å². The molecule has 5 rings (SSSR count). The SMILES string of the molecule is c1ccc(C2OC(c3ccccc3)P(c3ccccc3)C(c3ccccc3)O2)cc1. The maximum atomic E-state index is 6.68. The van der Waals surface area contributed by atoms with E-state index in [0.29, 0.717) is 0 Å². The quantitative estimate of drug-likeness (QED) is 0.339. The Kier molecular flexibility index (Phi) is 5.72. The molecule has 2 unspecified atom stereocenters. The van der Waals surface area contributed by atoms with Crippen LogP contribution in [0.15, 0.2) is 121 Å². The molecule has 148 valence electrons. The van der Waals surface area contributed by atoms with Gasteiger partial charge in [0.05, 0.1) is 0 Å². The van der Waals surface area contributed by atoms with Gasteiger partial charge >= 0.3 is 0 Å². The molecule has 0 aromatic heterocycles. The summed E-state index contributed by atoms with van der Waals surface area (Å²) in [5.74, 6) is -0.125. The van der Waals surface area contributed by atoms with Crippen molar-refractivity contribution < 1.29 is 9.47 Å². The third-order valence-corrected chi connectivity index (χ3v) is 8.05. The van der Waals surface area contributed by atoms with Crippen molar-refractivity contribution in [1.29, 1.82) is 0 Å². The molecule has 2 atom stereocenters. The van der Waals surface area contributed by atoms with Gasteiger partial charge < -0.3 is 9.47 Å². The lowest BCUT2D eigenvalue weighted by atomic mass is 10.2. The molecule has 1 fully saturated rings. The zero-order valence-corrected chi connectivity index (χ0v) is 17.4. The Bertz CT molecular complexity index is 1010. The molecule has 4 aromatic rings. The first-order valence-electron chi connectivity index (χ1n) is 10.2. The van der Waals surface area contributed by atoms with Crippen LogP contribution in [-0.4, -0.2) is 0 Å². The van der Waals surface area contributed by atoms with Gasteiger partial charge in [0.2, 0.25) is 0 Å². The van der Waals surface area contributed by atoms with Crippen molar-refractivity contribution in [2.24, 2.45) is 0 Å². The van der Waals surface area contributed by atoms with Crippen LogP contribution in [0.5, 0.6) is 0 Å². The molecule has 0 amide bonds. The zero-order valence-electron chi connectivity index (χ0n) is 16.5. The summed E-state index contributed by atoms with van der Waals surface area (Å²) in [7, 11) is -0.808. The highest BCUT2D eigenvalue weighted by molar-refractivity contribution is 7.66. The van der Waals surface area contributed by atoms with Crippen LogP contribution in [0.3, 0.4) is 0 Å². The van der Waals surface area contributed by atoms with E-state index < -0.39 is 14.2 Å². The van der Waals surface area contributed by atoms with Gasteiger partial charge in [-0.2, -0.15) is 0 Å². The van der Waals surface area contributed by atoms with E-state index >= 15 is 0 Å². The first-order chi connectivity index (χ1) is 14.9. The summed E-state index contributed by atoms with van der Waals surface area (Å²) in [4.78, 5) is 0. The van der Waals surface area contributed by atoms with Crippen molar-refractivity contribution in [1.82, 2.24) is 0 Å². The summed E-state index contributed by atoms with van der Waals surface area (Å²) in [6.07, 6.45) is -0.413. The van der Waals surface area contributed by atoms with E-state index in [4.69, 9.17) is 9.47 Å². The molecule has 0 spiro atoms. The molecule has 0 aliphatic carbocycles. The summed E-state index contributed by atoms with van der Waals surface area (Å²) >= 11 is 0. The van der Waals surface area contributed by atoms with Gasteiger partial charge in [0.15, 0.2) is 6.29 Å². The van der Waals surface area contributed by atoms with Crippen molar-refractivity contribution in [3.63, 3.8) is 0 Å². The molecule has 3 heteroatoms. The Labute approximate surface area is 178 Å². The Hall–Kier alpha value is -2.77. The molecule has 1 saturated heterocycles. The lowest BCUT2D eigenvalue weighted by molar-refractivity contribution is -0.186. The smallest absolute Gasteiger partial charge is 0.186 e. The van der Waals surface area contributed by atoms with E-state index in [9.17, 15) is 0 Å². The van der Waals surface area contributed by atoms with Crippen LogP contribution >= 0.6 is 7.92 Å². The topological polar surface area (TPSA) is 18.5 Å². The largest absolute Gasteiger partial charge is 0.335 e. The van der Waals surface area contributed by atoms with Gasteiger partial charge in [-0.25, -0.2) is 0 Å². The molecule has 30 heavy (non-hydrogen) atoms. The second kappa shape index (κ2) is 8.93. The highest BCUT2D eigenvalue weighted by Crippen LogP contribution is 2.66. The molecule has 2 nitrogen and oxygen atoms in total. The number of ether oxygens (including phenoxy) is 2. The fraction of sp³-hybridized carbons (Fsp3) is 0.111. The standard InChI is InChI=1S/C27H23O2P/c1-5-13-21(14-6-1)25-28-26(22-15-7-2-8-16-22)30(24-19-11-4-12-20-24)27(29-25)23-17-9-3-10-18-23/h1-20,25-27H. The van der Waals surface area contributed by atoms with Crippen molar-refractivity contribution in [2.75, 3.05) is 0 Å². The predicted octanol–water partition coefficient (Wildman–Crippen LogP) is 6.94. The lowest BCUT2D eigenvalue weighted by Gasteiger charge is -2.43. The van der Waals surface area contributed by atoms with Gasteiger partial charge in [0.25, 0.3) is 0 Å². The zero-order chi connectivity index (χ0) is 20.2. The van der Waals surface area contributed by atoms with Gasteiger partial charge in [-0.05, 0) is 24.4 Å². The summed E-state index contributed by atoms with van der Waals surface area (Å²) < 4.78 is 13.4. The Morgan fingerprint density at radius 2 is 0.800 bits per heavy atom. The Morgan fingerprint density at radius 3 is 1.23 bits per heavy atom. The summed E-state index contributed by atoms with van der Waals surface area (Å²) in [5, 5.41) is 1.28. The highest BCUT2D eigenvalue weighted by Gasteiger charge is 2.42. The summed E-state index contributed by atoms with van der Waals surface area (Å²) in [5.41, 5.74) is 3.43. The molecule has 4 aromatic carbocycles. The number of hydrogen-bond donors (Lipinski definition) is 0. The highest BCUT2D eigenvalue weighted by atomic mass is 31.1. The van der Waals surface area contributed by atoms with E-state index in [1.54, 1.807) is 0 Å². The summed E-state index contributed by atoms with van der Waals surface area (Å²) in [6, 6.07) is 42.0. The second-order valence-corrected chi connectivity index (χ2v) is 9.55. The van der Waals surface area contributed by atoms with Gasteiger partial charge in [0, 0.05) is 5.56 Å². The average Bonchev–Trinajstić information content (AvgIpc) is 2.85. The van der Waals surface area contributed by atoms with Crippen LogP contribution in [0, 0.1) is 0 Å². The molecule has 1 aliphatic heterocycles. The maximum absolute atomic E-state index is 6.68. The van der Waals surface area contributed by atoms with Crippen LogP contribution in [0.1, 0.15) is 34.7 Å². The minimum atomic E-state index is -0.808. The van der Waals surface area contributed by atoms with Crippen LogP contribution in [0.4, 0.5) is 0 Å². The first kappa shape index (κ1) is 19.2. The molecular weight excluding hydrogens is 387 g/mol. The van der Waals surface area contributed by atoms with Crippen molar-refractivity contribution >= 4 is 13.2 Å². The fourth-order valence-corrected chi connectivity index (χ4v) is 6.65. The molecule has 0 bridgehead atoms. The van der Waals surface area contributed by atoms with E-state index in [-0.39, 0.29) is 11.7 Å². The molecular formula is C27H23O2P. The average molecular weight is 410 g/mol. The van der Waals surface area contributed by atoms with Crippen LogP contribution in [0.25, 0.3) is 0 Å². The van der Waals surface area contributed by atoms with Gasteiger partial charge in [-0.3, -0.25) is 0 Å². The molecule has 1 aliphatic rings. The molecule has 0 radical (unpaired) electrons. The van der Waals surface area contributed by atoms with E-state index in [0.717, 1.165) is 5.56 Å². The minimum Gasteiger partial charge on any atom is -0.335 e. The third-order valence-electron chi connectivity index (χ3n) is 5.31. The predicted molar refractivity (Wildman–Crippen MR) is 123 cm³/mol. The van der Waals surface area contributed by atoms with Crippen LogP contribution < -0.4 is 5.30 Å². The van der Waals surface area contributed by atoms with Crippen molar-refractivity contribution in [3.05, 3.63) is 138 Å². The minimum absolute atomic E-state index is 0.0623. The van der Waals surface area contributed by atoms with E-state index in [1.807, 2.05) is 18.2 Å². The fourth-order valence-electron chi connectivity index (χ4n) is 3.87. The molecule has 1 heterocycles. The van der Waals surface area contributed by atoms with Gasteiger partial charge in [-0.15, -0.1) is 0 Å². The normalized spacial score (nSPS) is 23.7. The molecule has 0 saturated carbocycles. The second-order valence-electron chi connectivity index (χ2n) is 7.28. The molecule has 0 N–H and O–H groups in total. The van der Waals surface area contributed by atoms with Crippen molar-refractivity contribution in [2.45, 2.75) is 18.0 Å². The Morgan fingerprint density at radius 1 is 0.433 bits per heavy atom. The number of benzene rings is 4. The number of hydrogen-bond acceptors (Lipinski definition) is 2. The van der Waals surface area contributed by atoms with Crippen LogP contribution in [-0.2, 0) is 9.47 Å². The lowest BCUT2D eigenvalue weighted by Crippen LogP contribution is -2.27. The first-order valence-corrected chi connectivity index (χ1v) is 11.7. The van der Waals surface area contributed by atoms with Crippen LogP contribution in [0.2, 0.25) is 0 Å². The third kappa shape index (κ3) is 3.95. The van der Waals surface area contributed by atoms with E-state index in [1.165, 1.54) is 16.4 Å². The monoisotopic (exact) mass is 410 g/mol. The number of rotatable bonds is 4. The summed E-state index contributed by atoms with van der Waals surface area (Å²) in [6.45, 7) is 0. The Balaban J connectivity index is 1.64. The van der Waals surface area contributed by atoms with Gasteiger partial charge in [-0.1, -0.05) is 121 Å². The van der Waals surface area contributed by atoms with Crippen molar-refractivity contribution in [3.8, 4) is 0 Å². The maximum Gasteiger partial charge on any atom is 0.186 e.